The first-order valence-corrected chi connectivity index (χ1v) is 7.06. The highest BCUT2D eigenvalue weighted by molar-refractivity contribution is 6.03. The molecule has 2 rings (SSSR count). The van der Waals surface area contributed by atoms with Crippen LogP contribution in [0, 0.1) is 0 Å². The van der Waals surface area contributed by atoms with Gasteiger partial charge >= 0.3 is 0 Å². The number of nitrogens with zero attached hydrogens (tertiary/aromatic N) is 1. The number of benzene rings is 2. The average molecular weight is 279 g/mol. The van der Waals surface area contributed by atoms with Gasteiger partial charge in [0.25, 0.3) is 0 Å². The predicted octanol–water partition coefficient (Wildman–Crippen LogP) is 3.90. The summed E-state index contributed by atoms with van der Waals surface area (Å²) in [5.74, 6) is 0.0965. The molecule has 2 aromatic rings. The number of carbonyl (C=O) groups is 1. The molecule has 0 heterocycles. The Kier molecular flexibility index (Phi) is 4.71. The molecular formula is C19H21NO. The maximum absolute atomic E-state index is 13.2. The third-order valence-corrected chi connectivity index (χ3v) is 3.87. The van der Waals surface area contributed by atoms with Crippen LogP contribution in [0.3, 0.4) is 0 Å². The molecule has 0 aromatic heterocycles. The molecule has 0 fully saturated rings. The molecule has 0 N–H and O–H groups in total. The average Bonchev–Trinajstić information content (AvgIpc) is 2.53. The molecule has 108 valence electrons. The van der Waals surface area contributed by atoms with E-state index in [2.05, 4.69) is 6.58 Å². The maximum Gasteiger partial charge on any atom is 0.187 e. The van der Waals surface area contributed by atoms with Crippen molar-refractivity contribution in [2.45, 2.75) is 12.0 Å². The minimum absolute atomic E-state index is 0.0965. The van der Waals surface area contributed by atoms with Gasteiger partial charge in [0.2, 0.25) is 0 Å². The number of Topliss-reactive ketones (excluding diaryl/α,β-unsaturated/α-hetero) is 1. The van der Waals surface area contributed by atoms with Crippen LogP contribution < -0.4 is 0 Å². The summed E-state index contributed by atoms with van der Waals surface area (Å²) in [6.45, 7) is 3.85. The van der Waals surface area contributed by atoms with E-state index in [9.17, 15) is 4.79 Å². The summed E-state index contributed by atoms with van der Waals surface area (Å²) in [5.41, 5.74) is 0.991. The quantitative estimate of drug-likeness (QED) is 0.590. The molecule has 0 spiro atoms. The van der Waals surface area contributed by atoms with Crippen LogP contribution in [0.25, 0.3) is 0 Å². The van der Waals surface area contributed by atoms with Gasteiger partial charge < -0.3 is 0 Å². The van der Waals surface area contributed by atoms with Crippen molar-refractivity contribution in [2.75, 3.05) is 14.1 Å². The van der Waals surface area contributed by atoms with Gasteiger partial charge in [-0.1, -0.05) is 66.7 Å². The standard InChI is InChI=1S/C19H21NO/c1-4-15-19(20(2)3,17-13-9-6-10-14-17)18(21)16-11-7-5-8-12-16/h4-14H,1,15H2,2-3H3. The molecule has 0 aliphatic heterocycles. The summed E-state index contributed by atoms with van der Waals surface area (Å²) in [6.07, 6.45) is 2.38. The Hall–Kier alpha value is -2.19. The lowest BCUT2D eigenvalue weighted by Crippen LogP contribution is -2.48. The van der Waals surface area contributed by atoms with Crippen molar-refractivity contribution in [1.29, 1.82) is 0 Å². The lowest BCUT2D eigenvalue weighted by molar-refractivity contribution is 0.0678. The monoisotopic (exact) mass is 279 g/mol. The van der Waals surface area contributed by atoms with Gasteiger partial charge in [0.05, 0.1) is 0 Å². The zero-order valence-electron chi connectivity index (χ0n) is 12.6. The summed E-state index contributed by atoms with van der Waals surface area (Å²) in [6, 6.07) is 19.4. The molecular weight excluding hydrogens is 258 g/mol. The largest absolute Gasteiger partial charge is 0.293 e. The van der Waals surface area contributed by atoms with Gasteiger partial charge in [-0.05, 0) is 26.1 Å². The van der Waals surface area contributed by atoms with Gasteiger partial charge in [-0.2, -0.15) is 0 Å². The Bertz CT molecular complexity index is 604. The maximum atomic E-state index is 13.2. The van der Waals surface area contributed by atoms with Gasteiger partial charge in [0.1, 0.15) is 5.54 Å². The van der Waals surface area contributed by atoms with Crippen LogP contribution in [0.15, 0.2) is 73.3 Å². The minimum atomic E-state index is -0.718. The number of hydrogen-bond acceptors (Lipinski definition) is 2. The fraction of sp³-hybridized carbons (Fsp3) is 0.211. The van der Waals surface area contributed by atoms with Crippen molar-refractivity contribution >= 4 is 5.78 Å². The van der Waals surface area contributed by atoms with Crippen LogP contribution in [-0.4, -0.2) is 24.8 Å². The lowest BCUT2D eigenvalue weighted by Gasteiger charge is -2.38. The molecule has 0 amide bonds. The summed E-state index contributed by atoms with van der Waals surface area (Å²) in [5, 5.41) is 0. The van der Waals surface area contributed by atoms with Crippen molar-refractivity contribution in [2.24, 2.45) is 0 Å². The first-order chi connectivity index (χ1) is 10.1. The van der Waals surface area contributed by atoms with Crippen LogP contribution in [0.1, 0.15) is 22.3 Å². The molecule has 0 saturated heterocycles. The second-order valence-electron chi connectivity index (χ2n) is 5.31. The highest BCUT2D eigenvalue weighted by Crippen LogP contribution is 2.34. The van der Waals surface area contributed by atoms with Gasteiger partial charge in [-0.3, -0.25) is 9.69 Å². The van der Waals surface area contributed by atoms with Crippen LogP contribution >= 0.6 is 0 Å². The van der Waals surface area contributed by atoms with E-state index >= 15 is 0 Å². The SMILES string of the molecule is C=CCC(C(=O)c1ccccc1)(c1ccccc1)N(C)C. The molecule has 0 radical (unpaired) electrons. The van der Waals surface area contributed by atoms with Crippen molar-refractivity contribution in [1.82, 2.24) is 4.90 Å². The molecule has 0 aliphatic carbocycles. The van der Waals surface area contributed by atoms with Crippen LogP contribution in [0.4, 0.5) is 0 Å². The highest BCUT2D eigenvalue weighted by atomic mass is 16.1. The molecule has 0 aliphatic rings. The Labute approximate surface area is 126 Å². The zero-order valence-corrected chi connectivity index (χ0v) is 12.6. The highest BCUT2D eigenvalue weighted by Gasteiger charge is 2.41. The predicted molar refractivity (Wildman–Crippen MR) is 87.4 cm³/mol. The number of hydrogen-bond donors (Lipinski definition) is 0. The molecule has 21 heavy (non-hydrogen) atoms. The number of likely N-dealkylation sites (N-methyl/N-ethyl adjacent to an activating group) is 1. The van der Waals surface area contributed by atoms with E-state index in [0.717, 1.165) is 11.1 Å². The fourth-order valence-corrected chi connectivity index (χ4v) is 2.74. The van der Waals surface area contributed by atoms with Gasteiger partial charge in [0.15, 0.2) is 5.78 Å². The topological polar surface area (TPSA) is 20.3 Å². The van der Waals surface area contributed by atoms with E-state index in [4.69, 9.17) is 0 Å². The molecule has 2 heteroatoms. The first-order valence-electron chi connectivity index (χ1n) is 7.06. The van der Waals surface area contributed by atoms with Crippen LogP contribution in [-0.2, 0) is 5.54 Å². The van der Waals surface area contributed by atoms with Crippen molar-refractivity contribution in [3.8, 4) is 0 Å². The Morgan fingerprint density at radius 1 is 1.05 bits per heavy atom. The van der Waals surface area contributed by atoms with Crippen molar-refractivity contribution in [3.63, 3.8) is 0 Å². The van der Waals surface area contributed by atoms with Crippen LogP contribution in [0.5, 0.6) is 0 Å². The fourth-order valence-electron chi connectivity index (χ4n) is 2.74. The van der Waals surface area contributed by atoms with E-state index in [1.165, 1.54) is 0 Å². The van der Waals surface area contributed by atoms with E-state index < -0.39 is 5.54 Å². The van der Waals surface area contributed by atoms with E-state index in [-0.39, 0.29) is 5.78 Å². The molecule has 2 nitrogen and oxygen atoms in total. The molecule has 1 atom stereocenters. The Balaban J connectivity index is 2.60. The Morgan fingerprint density at radius 2 is 1.57 bits per heavy atom. The van der Waals surface area contributed by atoms with E-state index in [1.54, 1.807) is 0 Å². The summed E-state index contributed by atoms with van der Waals surface area (Å²) >= 11 is 0. The first kappa shape index (κ1) is 15.2. The second kappa shape index (κ2) is 6.51. The summed E-state index contributed by atoms with van der Waals surface area (Å²) in [7, 11) is 3.88. The van der Waals surface area contributed by atoms with Gasteiger partial charge in [-0.15, -0.1) is 6.58 Å². The summed E-state index contributed by atoms with van der Waals surface area (Å²) in [4.78, 5) is 15.2. The van der Waals surface area contributed by atoms with Crippen molar-refractivity contribution < 1.29 is 4.79 Å². The molecule has 0 bridgehead atoms. The van der Waals surface area contributed by atoms with Crippen molar-refractivity contribution in [3.05, 3.63) is 84.4 Å². The smallest absolute Gasteiger partial charge is 0.187 e. The Morgan fingerprint density at radius 3 is 2.05 bits per heavy atom. The molecule has 1 unspecified atom stereocenters. The normalized spacial score (nSPS) is 13.7. The van der Waals surface area contributed by atoms with Gasteiger partial charge in [0, 0.05) is 5.56 Å². The second-order valence-corrected chi connectivity index (χ2v) is 5.31. The van der Waals surface area contributed by atoms with E-state index in [0.29, 0.717) is 6.42 Å². The lowest BCUT2D eigenvalue weighted by atomic mass is 9.79. The number of carbonyl (C=O) groups excluding carboxylic acids is 1. The minimum Gasteiger partial charge on any atom is -0.293 e. The van der Waals surface area contributed by atoms with Crippen LogP contribution in [0.2, 0.25) is 0 Å². The number of rotatable bonds is 6. The molecule has 0 saturated carbocycles. The third-order valence-electron chi connectivity index (χ3n) is 3.87. The third kappa shape index (κ3) is 2.81. The molecule has 2 aromatic carbocycles. The summed E-state index contributed by atoms with van der Waals surface area (Å²) < 4.78 is 0. The number of ketones is 1. The van der Waals surface area contributed by atoms with Gasteiger partial charge in [-0.25, -0.2) is 0 Å². The zero-order chi connectivity index (χ0) is 15.3. The van der Waals surface area contributed by atoms with E-state index in [1.807, 2.05) is 85.7 Å².